The summed E-state index contributed by atoms with van der Waals surface area (Å²) in [7, 11) is 0. The summed E-state index contributed by atoms with van der Waals surface area (Å²) in [5, 5.41) is 4.19. The fraction of sp³-hybridized carbons (Fsp3) is 0.429. The van der Waals surface area contributed by atoms with Crippen LogP contribution >= 0.6 is 0 Å². The minimum Gasteiger partial charge on any atom is -0.367 e. The van der Waals surface area contributed by atoms with Crippen LogP contribution in [0.15, 0.2) is 29.0 Å². The lowest BCUT2D eigenvalue weighted by Gasteiger charge is -2.20. The average Bonchev–Trinajstić information content (AvgIpc) is 2.83. The van der Waals surface area contributed by atoms with Crippen LogP contribution in [-0.2, 0) is 0 Å². The number of hydrogen-bond acceptors (Lipinski definition) is 4. The maximum atomic E-state index is 5.92. The number of nitrogen functional groups attached to an aromatic ring is 1. The second kappa shape index (κ2) is 4.80. The quantitative estimate of drug-likeness (QED) is 0.878. The van der Waals surface area contributed by atoms with Crippen molar-refractivity contribution in [3.05, 3.63) is 30.2 Å². The third-order valence-electron chi connectivity index (χ3n) is 3.69. The molecule has 18 heavy (non-hydrogen) atoms. The molecule has 0 saturated heterocycles. The van der Waals surface area contributed by atoms with Gasteiger partial charge in [-0.3, -0.25) is 4.98 Å². The zero-order valence-electron chi connectivity index (χ0n) is 10.3. The predicted octanol–water partition coefficient (Wildman–Crippen LogP) is 3.37. The molecule has 2 N–H and O–H groups in total. The van der Waals surface area contributed by atoms with Crippen molar-refractivity contribution < 1.29 is 4.52 Å². The second-order valence-electron chi connectivity index (χ2n) is 4.88. The Balaban J connectivity index is 2.01. The number of anilines is 1. The topological polar surface area (TPSA) is 64.9 Å². The van der Waals surface area contributed by atoms with E-state index in [1.807, 2.05) is 18.3 Å². The van der Waals surface area contributed by atoms with Gasteiger partial charge in [-0.05, 0) is 18.9 Å². The van der Waals surface area contributed by atoms with Crippen molar-refractivity contribution in [3.8, 4) is 11.1 Å². The summed E-state index contributed by atoms with van der Waals surface area (Å²) in [5.74, 6) is 0.888. The molecule has 0 radical (unpaired) electrons. The minimum atomic E-state index is 0.406. The first-order chi connectivity index (χ1) is 8.86. The number of nitrogens with zero attached hydrogens (tertiary/aromatic N) is 2. The first kappa shape index (κ1) is 11.3. The average molecular weight is 243 g/mol. The molecule has 1 aliphatic rings. The Morgan fingerprint density at radius 2 is 2.06 bits per heavy atom. The summed E-state index contributed by atoms with van der Waals surface area (Å²) in [4.78, 5) is 4.14. The van der Waals surface area contributed by atoms with E-state index in [0.717, 1.165) is 16.8 Å². The van der Waals surface area contributed by atoms with E-state index >= 15 is 0 Å². The molecule has 0 bridgehead atoms. The van der Waals surface area contributed by atoms with Gasteiger partial charge in [0.2, 0.25) is 5.88 Å². The lowest BCUT2D eigenvalue weighted by Crippen LogP contribution is -2.06. The number of nitrogens with two attached hydrogens (primary N) is 1. The Hall–Kier alpha value is -1.84. The standard InChI is InChI=1S/C14H17N3O/c15-14-12(11-7-4-8-16-9-11)13(17-18-14)10-5-2-1-3-6-10/h4,7-10H,1-3,5-6,15H2. The summed E-state index contributed by atoms with van der Waals surface area (Å²) in [6.07, 6.45) is 9.79. The van der Waals surface area contributed by atoms with Gasteiger partial charge in [0, 0.05) is 23.9 Å². The molecule has 2 aromatic heterocycles. The number of rotatable bonds is 2. The molecule has 0 aromatic carbocycles. The van der Waals surface area contributed by atoms with E-state index in [1.165, 1.54) is 32.1 Å². The van der Waals surface area contributed by atoms with E-state index in [1.54, 1.807) is 6.20 Å². The molecule has 2 aromatic rings. The van der Waals surface area contributed by atoms with Crippen molar-refractivity contribution in [2.45, 2.75) is 38.0 Å². The smallest absolute Gasteiger partial charge is 0.230 e. The van der Waals surface area contributed by atoms with Crippen molar-refractivity contribution in [2.24, 2.45) is 0 Å². The molecule has 1 fully saturated rings. The molecule has 1 aliphatic carbocycles. The second-order valence-corrected chi connectivity index (χ2v) is 4.88. The van der Waals surface area contributed by atoms with Crippen LogP contribution in [0.4, 0.5) is 5.88 Å². The first-order valence-corrected chi connectivity index (χ1v) is 6.51. The van der Waals surface area contributed by atoms with E-state index in [4.69, 9.17) is 10.3 Å². The van der Waals surface area contributed by atoms with E-state index in [9.17, 15) is 0 Å². The molecular weight excluding hydrogens is 226 g/mol. The van der Waals surface area contributed by atoms with Crippen molar-refractivity contribution in [2.75, 3.05) is 5.73 Å². The molecule has 3 rings (SSSR count). The molecule has 4 heteroatoms. The van der Waals surface area contributed by atoms with Gasteiger partial charge in [0.1, 0.15) is 0 Å². The summed E-state index contributed by atoms with van der Waals surface area (Å²) in [6.45, 7) is 0. The van der Waals surface area contributed by atoms with Gasteiger partial charge in [0.15, 0.2) is 0 Å². The fourth-order valence-corrected chi connectivity index (χ4v) is 2.77. The van der Waals surface area contributed by atoms with Crippen LogP contribution < -0.4 is 5.73 Å². The minimum absolute atomic E-state index is 0.406. The normalized spacial score (nSPS) is 16.9. The number of hydrogen-bond donors (Lipinski definition) is 1. The first-order valence-electron chi connectivity index (χ1n) is 6.51. The Morgan fingerprint density at radius 3 is 2.78 bits per heavy atom. The highest BCUT2D eigenvalue weighted by Gasteiger charge is 2.25. The molecule has 0 atom stereocenters. The fourth-order valence-electron chi connectivity index (χ4n) is 2.77. The van der Waals surface area contributed by atoms with Crippen LogP contribution in [0.3, 0.4) is 0 Å². The Labute approximate surface area is 106 Å². The van der Waals surface area contributed by atoms with Crippen LogP contribution in [0.2, 0.25) is 0 Å². The van der Waals surface area contributed by atoms with Gasteiger partial charge in [-0.25, -0.2) is 0 Å². The third-order valence-corrected chi connectivity index (χ3v) is 3.69. The van der Waals surface area contributed by atoms with Gasteiger partial charge in [0.05, 0.1) is 11.3 Å². The molecule has 0 unspecified atom stereocenters. The zero-order valence-corrected chi connectivity index (χ0v) is 10.3. The van der Waals surface area contributed by atoms with E-state index < -0.39 is 0 Å². The van der Waals surface area contributed by atoms with Gasteiger partial charge in [-0.15, -0.1) is 0 Å². The lowest BCUT2D eigenvalue weighted by atomic mass is 9.84. The van der Waals surface area contributed by atoms with Crippen molar-refractivity contribution in [1.29, 1.82) is 0 Å². The number of aromatic nitrogens is 2. The van der Waals surface area contributed by atoms with Crippen LogP contribution in [0.25, 0.3) is 11.1 Å². The molecule has 0 spiro atoms. The monoisotopic (exact) mass is 243 g/mol. The van der Waals surface area contributed by atoms with Gasteiger partial charge >= 0.3 is 0 Å². The Morgan fingerprint density at radius 1 is 1.22 bits per heavy atom. The molecule has 2 heterocycles. The summed E-state index contributed by atoms with van der Waals surface area (Å²) in [5.41, 5.74) is 8.87. The summed E-state index contributed by atoms with van der Waals surface area (Å²) in [6, 6.07) is 3.91. The summed E-state index contributed by atoms with van der Waals surface area (Å²) >= 11 is 0. The molecule has 1 saturated carbocycles. The predicted molar refractivity (Wildman–Crippen MR) is 70.0 cm³/mol. The Kier molecular flexibility index (Phi) is 3.00. The highest BCUT2D eigenvalue weighted by molar-refractivity contribution is 5.74. The molecule has 0 aliphatic heterocycles. The largest absolute Gasteiger partial charge is 0.367 e. The maximum absolute atomic E-state index is 5.92. The van der Waals surface area contributed by atoms with Crippen LogP contribution in [0, 0.1) is 0 Å². The molecule has 4 nitrogen and oxygen atoms in total. The van der Waals surface area contributed by atoms with Crippen molar-refractivity contribution in [1.82, 2.24) is 10.1 Å². The van der Waals surface area contributed by atoms with Gasteiger partial charge in [0.25, 0.3) is 0 Å². The van der Waals surface area contributed by atoms with Crippen molar-refractivity contribution >= 4 is 5.88 Å². The maximum Gasteiger partial charge on any atom is 0.230 e. The molecule has 94 valence electrons. The third kappa shape index (κ3) is 1.98. The highest BCUT2D eigenvalue weighted by atomic mass is 16.5. The lowest BCUT2D eigenvalue weighted by molar-refractivity contribution is 0.388. The summed E-state index contributed by atoms with van der Waals surface area (Å²) < 4.78 is 5.20. The molecular formula is C14H17N3O. The van der Waals surface area contributed by atoms with E-state index in [-0.39, 0.29) is 0 Å². The zero-order chi connectivity index (χ0) is 12.4. The SMILES string of the molecule is Nc1onc(C2CCCCC2)c1-c1cccnc1. The van der Waals surface area contributed by atoms with Gasteiger partial charge in [-0.1, -0.05) is 30.5 Å². The molecule has 0 amide bonds. The van der Waals surface area contributed by atoms with E-state index in [0.29, 0.717) is 11.8 Å². The van der Waals surface area contributed by atoms with Gasteiger partial charge < -0.3 is 10.3 Å². The van der Waals surface area contributed by atoms with Crippen LogP contribution in [-0.4, -0.2) is 10.1 Å². The highest BCUT2D eigenvalue weighted by Crippen LogP contribution is 2.39. The van der Waals surface area contributed by atoms with Gasteiger partial charge in [-0.2, -0.15) is 0 Å². The van der Waals surface area contributed by atoms with Crippen LogP contribution in [0.5, 0.6) is 0 Å². The Bertz CT molecular complexity index is 515. The van der Waals surface area contributed by atoms with Crippen LogP contribution in [0.1, 0.15) is 43.7 Å². The number of pyridine rings is 1. The van der Waals surface area contributed by atoms with E-state index in [2.05, 4.69) is 10.1 Å². The van der Waals surface area contributed by atoms with Crippen molar-refractivity contribution in [3.63, 3.8) is 0 Å².